The zero-order chi connectivity index (χ0) is 14.7. The maximum absolute atomic E-state index is 12.1. The van der Waals surface area contributed by atoms with Crippen LogP contribution in [-0.2, 0) is 16.0 Å². The molecule has 0 aromatic carbocycles. The number of rotatable bonds is 5. The molecule has 1 saturated heterocycles. The van der Waals surface area contributed by atoms with Crippen molar-refractivity contribution in [3.8, 4) is 0 Å². The lowest BCUT2D eigenvalue weighted by molar-refractivity contribution is -0.121. The van der Waals surface area contributed by atoms with Crippen LogP contribution in [0, 0.1) is 6.92 Å². The molecule has 1 aromatic rings. The van der Waals surface area contributed by atoms with E-state index in [1.165, 1.54) is 11.3 Å². The fourth-order valence-corrected chi connectivity index (χ4v) is 3.33. The summed E-state index contributed by atoms with van der Waals surface area (Å²) in [5.41, 5.74) is 6.49. The van der Waals surface area contributed by atoms with Crippen molar-refractivity contribution in [2.45, 2.75) is 32.4 Å². The van der Waals surface area contributed by atoms with Gasteiger partial charge in [-0.1, -0.05) is 0 Å². The topological polar surface area (TPSA) is 80.5 Å². The number of nitrogens with zero attached hydrogens (tertiary/aromatic N) is 2. The minimum absolute atomic E-state index is 0.00162. The number of likely N-dealkylation sites (N-methyl/N-ethyl adjacent to an activating group) is 1. The summed E-state index contributed by atoms with van der Waals surface area (Å²) >= 11 is 1.38. The molecule has 1 amide bonds. The minimum atomic E-state index is 0.00162. The molecule has 0 saturated carbocycles. The first-order valence-electron chi connectivity index (χ1n) is 6.81. The first kappa shape index (κ1) is 15.2. The molecular weight excluding hydrogens is 276 g/mol. The van der Waals surface area contributed by atoms with Crippen LogP contribution in [0.25, 0.3) is 0 Å². The Labute approximate surface area is 123 Å². The van der Waals surface area contributed by atoms with Crippen molar-refractivity contribution in [3.05, 3.63) is 10.6 Å². The fourth-order valence-electron chi connectivity index (χ4n) is 2.50. The van der Waals surface area contributed by atoms with E-state index in [4.69, 9.17) is 10.5 Å². The number of ether oxygens (including phenoxy) is 1. The van der Waals surface area contributed by atoms with E-state index in [1.807, 2.05) is 20.9 Å². The summed E-state index contributed by atoms with van der Waals surface area (Å²) in [4.78, 5) is 19.4. The summed E-state index contributed by atoms with van der Waals surface area (Å²) < 4.78 is 5.68. The molecule has 0 radical (unpaired) electrons. The van der Waals surface area contributed by atoms with Crippen LogP contribution in [0.4, 0.5) is 5.13 Å². The largest absolute Gasteiger partial charge is 0.375 e. The highest BCUT2D eigenvalue weighted by molar-refractivity contribution is 7.15. The molecule has 20 heavy (non-hydrogen) atoms. The van der Waals surface area contributed by atoms with E-state index in [0.717, 1.165) is 23.7 Å². The number of aryl methyl sites for hydroxylation is 1. The van der Waals surface area contributed by atoms with E-state index in [-0.39, 0.29) is 18.1 Å². The van der Waals surface area contributed by atoms with Crippen molar-refractivity contribution in [1.29, 1.82) is 0 Å². The average Bonchev–Trinajstić information content (AvgIpc) is 2.83. The molecule has 0 unspecified atom stereocenters. The molecule has 1 aromatic heterocycles. The minimum Gasteiger partial charge on any atom is -0.375 e. The lowest BCUT2D eigenvalue weighted by Gasteiger charge is -2.19. The van der Waals surface area contributed by atoms with Gasteiger partial charge in [-0.25, -0.2) is 4.98 Å². The second kappa shape index (κ2) is 6.51. The number of carbonyl (C=O) groups excluding carboxylic acids is 1. The van der Waals surface area contributed by atoms with E-state index in [1.54, 1.807) is 0 Å². The molecule has 2 heterocycles. The Morgan fingerprint density at radius 3 is 2.95 bits per heavy atom. The number of hydrogen-bond acceptors (Lipinski definition) is 6. The van der Waals surface area contributed by atoms with E-state index >= 15 is 0 Å². The van der Waals surface area contributed by atoms with Gasteiger partial charge in [0, 0.05) is 24.6 Å². The highest BCUT2D eigenvalue weighted by Gasteiger charge is 2.32. The average molecular weight is 298 g/mol. The van der Waals surface area contributed by atoms with Crippen LogP contribution in [-0.4, -0.2) is 54.7 Å². The number of amides is 1. The maximum atomic E-state index is 12.1. The number of nitrogens with one attached hydrogen (secondary N) is 1. The Kier molecular flexibility index (Phi) is 4.95. The molecule has 112 valence electrons. The summed E-state index contributed by atoms with van der Waals surface area (Å²) in [7, 11) is 2.03. The molecule has 1 aliphatic rings. The lowest BCUT2D eigenvalue weighted by atomic mass is 10.2. The van der Waals surface area contributed by atoms with Crippen LogP contribution >= 0.6 is 11.3 Å². The molecule has 1 fully saturated rings. The molecule has 1 aliphatic heterocycles. The number of nitrogens with two attached hydrogens (primary N) is 1. The van der Waals surface area contributed by atoms with Crippen molar-refractivity contribution in [1.82, 2.24) is 15.2 Å². The van der Waals surface area contributed by atoms with Crippen LogP contribution in [0.3, 0.4) is 0 Å². The monoisotopic (exact) mass is 298 g/mol. The fraction of sp³-hybridized carbons (Fsp3) is 0.692. The van der Waals surface area contributed by atoms with Crippen LogP contribution in [0.15, 0.2) is 0 Å². The third-order valence-corrected chi connectivity index (χ3v) is 4.39. The second-order valence-electron chi connectivity index (χ2n) is 5.13. The van der Waals surface area contributed by atoms with Gasteiger partial charge in [0.1, 0.15) is 0 Å². The molecule has 7 heteroatoms. The number of likely N-dealkylation sites (tertiary alicyclic amines) is 1. The van der Waals surface area contributed by atoms with Crippen LogP contribution in [0.2, 0.25) is 0 Å². The van der Waals surface area contributed by atoms with Gasteiger partial charge >= 0.3 is 0 Å². The second-order valence-corrected chi connectivity index (χ2v) is 6.24. The van der Waals surface area contributed by atoms with Gasteiger partial charge in [-0.2, -0.15) is 0 Å². The smallest absolute Gasteiger partial charge is 0.225 e. The number of aromatic nitrogens is 1. The Hall–Kier alpha value is -1.18. The van der Waals surface area contributed by atoms with Crippen LogP contribution in [0.5, 0.6) is 0 Å². The highest BCUT2D eigenvalue weighted by atomic mass is 32.1. The van der Waals surface area contributed by atoms with E-state index in [9.17, 15) is 4.79 Å². The Morgan fingerprint density at radius 2 is 2.35 bits per heavy atom. The molecule has 0 aliphatic carbocycles. The normalized spacial score (nSPS) is 23.1. The first-order valence-corrected chi connectivity index (χ1v) is 7.62. The van der Waals surface area contributed by atoms with Crippen molar-refractivity contribution in [3.63, 3.8) is 0 Å². The molecule has 6 nitrogen and oxygen atoms in total. The van der Waals surface area contributed by atoms with Gasteiger partial charge < -0.3 is 20.7 Å². The summed E-state index contributed by atoms with van der Waals surface area (Å²) in [6.07, 6.45) is 0.404. The number of hydrogen-bond donors (Lipinski definition) is 2. The summed E-state index contributed by atoms with van der Waals surface area (Å²) in [6.45, 7) is 6.18. The number of anilines is 1. The molecular formula is C13H22N4O2S. The summed E-state index contributed by atoms with van der Waals surface area (Å²) in [5.74, 6) is 0.00162. The summed E-state index contributed by atoms with van der Waals surface area (Å²) in [5, 5.41) is 3.57. The predicted octanol–water partition coefficient (Wildman–Crippen LogP) is 0.412. The van der Waals surface area contributed by atoms with Crippen molar-refractivity contribution >= 4 is 22.4 Å². The van der Waals surface area contributed by atoms with Gasteiger partial charge in [0.2, 0.25) is 5.91 Å². The van der Waals surface area contributed by atoms with Gasteiger partial charge in [0.15, 0.2) is 5.13 Å². The van der Waals surface area contributed by atoms with Crippen LogP contribution in [0.1, 0.15) is 17.5 Å². The number of carbonyl (C=O) groups is 1. The van der Waals surface area contributed by atoms with Crippen molar-refractivity contribution in [2.75, 3.05) is 32.5 Å². The molecule has 2 atom stereocenters. The van der Waals surface area contributed by atoms with Gasteiger partial charge in [-0.05, 0) is 20.9 Å². The quantitative estimate of drug-likeness (QED) is 0.823. The highest BCUT2D eigenvalue weighted by Crippen LogP contribution is 2.20. The summed E-state index contributed by atoms with van der Waals surface area (Å²) in [6, 6.07) is 0.0537. The molecule has 2 rings (SSSR count). The van der Waals surface area contributed by atoms with Gasteiger partial charge in [0.25, 0.3) is 0 Å². The molecule has 0 bridgehead atoms. The molecule has 0 spiro atoms. The van der Waals surface area contributed by atoms with Crippen molar-refractivity contribution < 1.29 is 9.53 Å². The number of nitrogen functional groups attached to an aromatic ring is 1. The van der Waals surface area contributed by atoms with Gasteiger partial charge in [-0.3, -0.25) is 4.79 Å². The van der Waals surface area contributed by atoms with E-state index in [2.05, 4.69) is 15.2 Å². The lowest BCUT2D eigenvalue weighted by Crippen LogP contribution is -2.44. The van der Waals surface area contributed by atoms with Gasteiger partial charge in [-0.15, -0.1) is 11.3 Å². The zero-order valence-electron chi connectivity index (χ0n) is 12.2. The molecule has 3 N–H and O–H groups in total. The SMILES string of the molecule is CCO[C@H]1CN(C)C[C@@H]1NC(=O)Cc1sc(N)nc1C. The Morgan fingerprint density at radius 1 is 1.60 bits per heavy atom. The Balaban J connectivity index is 1.92. The third kappa shape index (κ3) is 3.68. The van der Waals surface area contributed by atoms with Crippen molar-refractivity contribution in [2.24, 2.45) is 0 Å². The van der Waals surface area contributed by atoms with Crippen LogP contribution < -0.4 is 11.1 Å². The number of thiazole rings is 1. The first-order chi connectivity index (χ1) is 9.49. The third-order valence-electron chi connectivity index (χ3n) is 3.41. The maximum Gasteiger partial charge on any atom is 0.225 e. The zero-order valence-corrected chi connectivity index (χ0v) is 13.0. The van der Waals surface area contributed by atoms with E-state index < -0.39 is 0 Å². The Bertz CT molecular complexity index is 477. The predicted molar refractivity (Wildman–Crippen MR) is 79.8 cm³/mol. The van der Waals surface area contributed by atoms with E-state index in [0.29, 0.717) is 18.2 Å². The standard InChI is InChI=1S/C13H22N4O2S/c1-4-19-10-7-17(3)6-9(10)16-12(18)5-11-8(2)15-13(14)20-11/h9-10H,4-7H2,1-3H3,(H2,14,15)(H,16,18)/t9-,10-/m0/s1. The van der Waals surface area contributed by atoms with Gasteiger partial charge in [0.05, 0.1) is 24.3 Å².